The van der Waals surface area contributed by atoms with Crippen molar-refractivity contribution in [2.45, 2.75) is 44.1 Å². The number of carbonyl (C=O) groups is 1. The van der Waals surface area contributed by atoms with Crippen molar-refractivity contribution in [1.29, 1.82) is 0 Å². The molecule has 1 aromatic rings. The van der Waals surface area contributed by atoms with Gasteiger partial charge in [-0.05, 0) is 24.3 Å². The van der Waals surface area contributed by atoms with Crippen LogP contribution in [-0.4, -0.2) is 22.8 Å². The van der Waals surface area contributed by atoms with Crippen LogP contribution in [0.5, 0.6) is 0 Å². The largest absolute Gasteiger partial charge is 0.389 e. The highest BCUT2D eigenvalue weighted by Gasteiger charge is 2.31. The van der Waals surface area contributed by atoms with Crippen LogP contribution in [0.4, 0.5) is 0 Å². The molecule has 0 bridgehead atoms. The van der Waals surface area contributed by atoms with Crippen molar-refractivity contribution in [1.82, 2.24) is 5.43 Å². The maximum atomic E-state index is 11.7. The summed E-state index contributed by atoms with van der Waals surface area (Å²) in [6, 6.07) is 3.85. The van der Waals surface area contributed by atoms with Gasteiger partial charge in [0.1, 0.15) is 0 Å². The molecule has 98 valence electrons. The normalized spacial score (nSPS) is 18.9. The molecule has 1 aliphatic rings. The van der Waals surface area contributed by atoms with E-state index in [0.29, 0.717) is 0 Å². The molecule has 4 nitrogen and oxygen atoms in total. The quantitative estimate of drug-likeness (QED) is 0.649. The number of rotatable bonds is 4. The first-order chi connectivity index (χ1) is 8.68. The van der Waals surface area contributed by atoms with E-state index in [1.807, 2.05) is 17.5 Å². The van der Waals surface area contributed by atoms with Gasteiger partial charge in [-0.25, -0.2) is 5.43 Å². The summed E-state index contributed by atoms with van der Waals surface area (Å²) in [6.07, 6.45) is 6.36. The molecule has 1 amide bonds. The number of thiophene rings is 1. The molecule has 18 heavy (non-hydrogen) atoms. The van der Waals surface area contributed by atoms with E-state index in [1.54, 1.807) is 17.6 Å². The number of nitrogens with zero attached hydrogens (tertiary/aromatic N) is 1. The Morgan fingerprint density at radius 3 is 2.94 bits per heavy atom. The van der Waals surface area contributed by atoms with Crippen molar-refractivity contribution in [2.75, 3.05) is 0 Å². The van der Waals surface area contributed by atoms with Crippen molar-refractivity contribution < 1.29 is 9.90 Å². The molecule has 2 N–H and O–H groups in total. The molecular weight excluding hydrogens is 248 g/mol. The maximum Gasteiger partial charge on any atom is 0.242 e. The summed E-state index contributed by atoms with van der Waals surface area (Å²) < 4.78 is 0. The predicted molar refractivity (Wildman–Crippen MR) is 72.7 cm³/mol. The van der Waals surface area contributed by atoms with E-state index in [2.05, 4.69) is 10.5 Å². The van der Waals surface area contributed by atoms with Crippen LogP contribution in [-0.2, 0) is 4.79 Å². The van der Waals surface area contributed by atoms with Crippen LogP contribution in [0.2, 0.25) is 0 Å². The van der Waals surface area contributed by atoms with Crippen LogP contribution in [0.25, 0.3) is 0 Å². The third-order valence-electron chi connectivity index (χ3n) is 3.20. The van der Waals surface area contributed by atoms with Crippen LogP contribution in [0.15, 0.2) is 22.6 Å². The molecule has 0 aliphatic heterocycles. The Bertz CT molecular complexity index is 409. The van der Waals surface area contributed by atoms with Gasteiger partial charge in [-0.2, -0.15) is 5.10 Å². The second-order valence-electron chi connectivity index (χ2n) is 4.77. The maximum absolute atomic E-state index is 11.7. The fourth-order valence-corrected chi connectivity index (χ4v) is 2.84. The van der Waals surface area contributed by atoms with E-state index in [9.17, 15) is 9.90 Å². The van der Waals surface area contributed by atoms with Gasteiger partial charge in [0.05, 0.1) is 18.2 Å². The number of hydrogen-bond donors (Lipinski definition) is 2. The molecule has 0 spiro atoms. The van der Waals surface area contributed by atoms with Crippen LogP contribution in [0.3, 0.4) is 0 Å². The number of carbonyl (C=O) groups excluding carboxylic acids is 1. The fourth-order valence-electron chi connectivity index (χ4n) is 2.26. The minimum Gasteiger partial charge on any atom is -0.389 e. The Labute approximate surface area is 111 Å². The molecule has 0 radical (unpaired) electrons. The Morgan fingerprint density at radius 2 is 2.28 bits per heavy atom. The van der Waals surface area contributed by atoms with Crippen LogP contribution in [0, 0.1) is 0 Å². The van der Waals surface area contributed by atoms with Crippen LogP contribution in [0.1, 0.15) is 43.4 Å². The summed E-state index contributed by atoms with van der Waals surface area (Å²) in [5, 5.41) is 16.1. The van der Waals surface area contributed by atoms with E-state index in [-0.39, 0.29) is 12.3 Å². The average Bonchev–Trinajstić information content (AvgIpc) is 2.82. The molecular formula is C13H18N2O2S. The van der Waals surface area contributed by atoms with Gasteiger partial charge in [0.25, 0.3) is 0 Å². The van der Waals surface area contributed by atoms with E-state index < -0.39 is 5.60 Å². The summed E-state index contributed by atoms with van der Waals surface area (Å²) in [5.41, 5.74) is 1.65. The molecule has 1 heterocycles. The highest BCUT2D eigenvalue weighted by molar-refractivity contribution is 7.11. The topological polar surface area (TPSA) is 61.7 Å². The average molecular weight is 266 g/mol. The first-order valence-corrected chi connectivity index (χ1v) is 7.14. The Morgan fingerprint density at radius 1 is 1.50 bits per heavy atom. The second kappa shape index (κ2) is 6.11. The predicted octanol–water partition coefficient (Wildman–Crippen LogP) is 2.28. The zero-order valence-electron chi connectivity index (χ0n) is 10.3. The smallest absolute Gasteiger partial charge is 0.242 e. The highest BCUT2D eigenvalue weighted by Crippen LogP contribution is 2.30. The van der Waals surface area contributed by atoms with Gasteiger partial charge in [0.2, 0.25) is 5.91 Å². The lowest BCUT2D eigenvalue weighted by atomic mass is 9.82. The molecule has 1 aromatic heterocycles. The van der Waals surface area contributed by atoms with E-state index in [4.69, 9.17) is 0 Å². The molecule has 5 heteroatoms. The monoisotopic (exact) mass is 266 g/mol. The Kier molecular flexibility index (Phi) is 4.49. The van der Waals surface area contributed by atoms with Gasteiger partial charge >= 0.3 is 0 Å². The summed E-state index contributed by atoms with van der Waals surface area (Å²) in [5.74, 6) is -0.216. The molecule has 0 atom stereocenters. The Balaban J connectivity index is 1.78. The van der Waals surface area contributed by atoms with Crippen LogP contribution >= 0.6 is 11.3 Å². The van der Waals surface area contributed by atoms with E-state index in [0.717, 1.165) is 37.0 Å². The highest BCUT2D eigenvalue weighted by atomic mass is 32.1. The molecule has 1 saturated carbocycles. The van der Waals surface area contributed by atoms with E-state index in [1.165, 1.54) is 0 Å². The number of amides is 1. The summed E-state index contributed by atoms with van der Waals surface area (Å²) in [7, 11) is 0. The van der Waals surface area contributed by atoms with Crippen LogP contribution < -0.4 is 5.43 Å². The lowest BCUT2D eigenvalue weighted by Crippen LogP contribution is -2.37. The molecule has 1 fully saturated rings. The van der Waals surface area contributed by atoms with Crippen molar-refractivity contribution >= 4 is 23.5 Å². The van der Waals surface area contributed by atoms with Gasteiger partial charge in [0.15, 0.2) is 0 Å². The van der Waals surface area contributed by atoms with E-state index >= 15 is 0 Å². The number of hydrogen-bond acceptors (Lipinski definition) is 4. The molecule has 1 aliphatic carbocycles. The third-order valence-corrected chi connectivity index (χ3v) is 4.00. The number of hydrazone groups is 1. The van der Waals surface area contributed by atoms with Crippen molar-refractivity contribution in [3.63, 3.8) is 0 Å². The number of nitrogens with one attached hydrogen (secondary N) is 1. The minimum absolute atomic E-state index is 0.148. The zero-order valence-corrected chi connectivity index (χ0v) is 11.1. The second-order valence-corrected chi connectivity index (χ2v) is 5.75. The first kappa shape index (κ1) is 13.2. The Hall–Kier alpha value is -1.20. The standard InChI is InChI=1S/C13H18N2O2S/c16-12(9-13(17)6-2-1-3-7-13)15-14-10-11-5-4-8-18-11/h4-5,8,10,17H,1-3,6-7,9H2,(H,15,16)/b14-10-. The van der Waals surface area contributed by atoms with Gasteiger partial charge in [-0.15, -0.1) is 11.3 Å². The summed E-state index contributed by atoms with van der Waals surface area (Å²) in [4.78, 5) is 12.7. The first-order valence-electron chi connectivity index (χ1n) is 6.26. The molecule has 2 rings (SSSR count). The molecule has 0 aromatic carbocycles. The lowest BCUT2D eigenvalue weighted by molar-refractivity contribution is -0.127. The SMILES string of the molecule is O=C(CC1(O)CCCCC1)N/N=C\c1cccs1. The van der Waals surface area contributed by atoms with Crippen molar-refractivity contribution in [3.05, 3.63) is 22.4 Å². The zero-order chi connectivity index (χ0) is 12.8. The molecule has 0 unspecified atom stereocenters. The summed E-state index contributed by atoms with van der Waals surface area (Å²) >= 11 is 1.56. The van der Waals surface area contributed by atoms with Gasteiger partial charge in [-0.1, -0.05) is 25.3 Å². The van der Waals surface area contributed by atoms with Gasteiger partial charge < -0.3 is 5.11 Å². The third kappa shape index (κ3) is 3.92. The molecule has 0 saturated heterocycles. The van der Waals surface area contributed by atoms with Crippen molar-refractivity contribution in [3.8, 4) is 0 Å². The van der Waals surface area contributed by atoms with Crippen molar-refractivity contribution in [2.24, 2.45) is 5.10 Å². The fraction of sp³-hybridized carbons (Fsp3) is 0.538. The van der Waals surface area contributed by atoms with Gasteiger partial charge in [0, 0.05) is 4.88 Å². The summed E-state index contributed by atoms with van der Waals surface area (Å²) in [6.45, 7) is 0. The lowest BCUT2D eigenvalue weighted by Gasteiger charge is -2.30. The van der Waals surface area contributed by atoms with Gasteiger partial charge in [-0.3, -0.25) is 4.79 Å². The minimum atomic E-state index is -0.819. The number of aliphatic hydroxyl groups is 1.